The lowest BCUT2D eigenvalue weighted by atomic mass is 10.1. The van der Waals surface area contributed by atoms with Crippen LogP contribution in [-0.2, 0) is 0 Å². The van der Waals surface area contributed by atoms with Crippen LogP contribution in [0.4, 0.5) is 0 Å². The minimum atomic E-state index is -0.483. The molecule has 0 radical (unpaired) electrons. The van der Waals surface area contributed by atoms with Crippen molar-refractivity contribution in [2.75, 3.05) is 7.11 Å². The number of ether oxygens (including phenoxy) is 1. The predicted octanol–water partition coefficient (Wildman–Crippen LogP) is 3.15. The van der Waals surface area contributed by atoms with Gasteiger partial charge in [-0.05, 0) is 46.6 Å². The maximum Gasteiger partial charge on any atom is 0.253 e. The van der Waals surface area contributed by atoms with Crippen molar-refractivity contribution in [3.63, 3.8) is 0 Å². The van der Waals surface area contributed by atoms with Crippen LogP contribution in [0.15, 0.2) is 16.6 Å². The van der Waals surface area contributed by atoms with Gasteiger partial charge in [0, 0.05) is 10.0 Å². The second-order valence-corrected chi connectivity index (χ2v) is 3.72. The fourth-order valence-corrected chi connectivity index (χ4v) is 2.09. The summed E-state index contributed by atoms with van der Waals surface area (Å²) in [5, 5.41) is -0.483. The zero-order chi connectivity index (χ0) is 10.0. The molecule has 1 aromatic rings. The number of hydrogen-bond donors (Lipinski definition) is 0. The molecule has 0 aliphatic rings. The summed E-state index contributed by atoms with van der Waals surface area (Å²) in [7, 11) is 1.55. The van der Waals surface area contributed by atoms with Crippen molar-refractivity contribution in [3.8, 4) is 5.75 Å². The zero-order valence-corrected chi connectivity index (χ0v) is 9.57. The molecule has 2 nitrogen and oxygen atoms in total. The summed E-state index contributed by atoms with van der Waals surface area (Å²) in [4.78, 5) is 11.0. The summed E-state index contributed by atoms with van der Waals surface area (Å²) in [6.45, 7) is 1.79. The van der Waals surface area contributed by atoms with Crippen LogP contribution in [0.1, 0.15) is 15.9 Å². The third-order valence-corrected chi connectivity index (χ3v) is 2.63. The summed E-state index contributed by atoms with van der Waals surface area (Å²) in [5.74, 6) is 0.659. The molecule has 13 heavy (non-hydrogen) atoms. The van der Waals surface area contributed by atoms with Crippen LogP contribution >= 0.6 is 27.5 Å². The van der Waals surface area contributed by atoms with Crippen LogP contribution in [0.2, 0.25) is 0 Å². The first-order valence-corrected chi connectivity index (χ1v) is 4.78. The predicted molar refractivity (Wildman–Crippen MR) is 55.6 cm³/mol. The van der Waals surface area contributed by atoms with Crippen LogP contribution in [-0.4, -0.2) is 12.4 Å². The Morgan fingerprint density at radius 1 is 1.54 bits per heavy atom. The molecule has 0 atom stereocenters. The van der Waals surface area contributed by atoms with Crippen molar-refractivity contribution in [2.24, 2.45) is 0 Å². The van der Waals surface area contributed by atoms with E-state index in [0.717, 1.165) is 5.56 Å². The second kappa shape index (κ2) is 4.11. The van der Waals surface area contributed by atoms with Crippen molar-refractivity contribution in [1.29, 1.82) is 0 Å². The molecule has 70 valence electrons. The molecule has 0 bridgehead atoms. The Bertz CT molecular complexity index is 350. The highest BCUT2D eigenvalue weighted by Gasteiger charge is 2.13. The lowest BCUT2D eigenvalue weighted by Gasteiger charge is -2.08. The number of carbonyl (C=O) groups is 1. The molecule has 1 aromatic carbocycles. The van der Waals surface area contributed by atoms with Crippen LogP contribution in [0.3, 0.4) is 0 Å². The van der Waals surface area contributed by atoms with Crippen molar-refractivity contribution in [2.45, 2.75) is 6.92 Å². The van der Waals surface area contributed by atoms with Crippen molar-refractivity contribution in [1.82, 2.24) is 0 Å². The molecule has 4 heteroatoms. The van der Waals surface area contributed by atoms with Crippen LogP contribution in [0, 0.1) is 6.92 Å². The zero-order valence-electron chi connectivity index (χ0n) is 7.23. The molecule has 1 rings (SSSR count). The number of carbonyl (C=O) groups excluding carboxylic acids is 1. The number of benzene rings is 1. The third kappa shape index (κ3) is 2.03. The van der Waals surface area contributed by atoms with E-state index in [9.17, 15) is 4.79 Å². The molecule has 0 fully saturated rings. The number of methoxy groups -OCH3 is 1. The van der Waals surface area contributed by atoms with Gasteiger partial charge in [0.2, 0.25) is 0 Å². The SMILES string of the molecule is COc1ccc(Br)c(C(=O)Cl)c1C. The van der Waals surface area contributed by atoms with Gasteiger partial charge in [0.1, 0.15) is 5.75 Å². The van der Waals surface area contributed by atoms with Gasteiger partial charge in [-0.2, -0.15) is 0 Å². The van der Waals surface area contributed by atoms with E-state index < -0.39 is 5.24 Å². The minimum absolute atomic E-state index is 0.459. The monoisotopic (exact) mass is 262 g/mol. The molecular weight excluding hydrogens is 255 g/mol. The average molecular weight is 264 g/mol. The summed E-state index contributed by atoms with van der Waals surface area (Å²) < 4.78 is 5.75. The average Bonchev–Trinajstić information content (AvgIpc) is 2.04. The fraction of sp³-hybridized carbons (Fsp3) is 0.222. The van der Waals surface area contributed by atoms with Gasteiger partial charge < -0.3 is 4.74 Å². The summed E-state index contributed by atoms with van der Waals surface area (Å²) >= 11 is 8.67. The van der Waals surface area contributed by atoms with E-state index in [4.69, 9.17) is 16.3 Å². The van der Waals surface area contributed by atoms with Gasteiger partial charge in [0.15, 0.2) is 0 Å². The largest absolute Gasteiger partial charge is 0.496 e. The van der Waals surface area contributed by atoms with E-state index in [2.05, 4.69) is 15.9 Å². The van der Waals surface area contributed by atoms with Gasteiger partial charge in [-0.1, -0.05) is 0 Å². The number of rotatable bonds is 2. The minimum Gasteiger partial charge on any atom is -0.496 e. The van der Waals surface area contributed by atoms with E-state index in [1.165, 1.54) is 0 Å². The Labute approximate surface area is 90.0 Å². The Kier molecular flexibility index (Phi) is 3.33. The molecule has 0 saturated heterocycles. The maximum absolute atomic E-state index is 11.0. The number of halogens is 2. The Balaban J connectivity index is 3.38. The topological polar surface area (TPSA) is 26.3 Å². The molecule has 0 unspecified atom stereocenters. The molecule has 0 amide bonds. The highest BCUT2D eigenvalue weighted by atomic mass is 79.9. The van der Waals surface area contributed by atoms with Crippen molar-refractivity contribution < 1.29 is 9.53 Å². The fourth-order valence-electron chi connectivity index (χ4n) is 1.12. The van der Waals surface area contributed by atoms with Crippen molar-refractivity contribution in [3.05, 3.63) is 27.7 Å². The summed E-state index contributed by atoms with van der Waals surface area (Å²) in [6.07, 6.45) is 0. The molecule has 0 heterocycles. The molecular formula is C9H8BrClO2. The van der Waals surface area contributed by atoms with Gasteiger partial charge in [0.25, 0.3) is 5.24 Å². The lowest BCUT2D eigenvalue weighted by Crippen LogP contribution is -1.98. The Morgan fingerprint density at radius 2 is 2.15 bits per heavy atom. The maximum atomic E-state index is 11.0. The third-order valence-electron chi connectivity index (χ3n) is 1.78. The molecule has 0 N–H and O–H groups in total. The Hall–Kier alpha value is -0.540. The summed E-state index contributed by atoms with van der Waals surface area (Å²) in [6, 6.07) is 3.52. The molecule has 0 saturated carbocycles. The molecule has 0 aliphatic heterocycles. The van der Waals surface area contributed by atoms with E-state index in [1.807, 2.05) is 0 Å². The van der Waals surface area contributed by atoms with Gasteiger partial charge >= 0.3 is 0 Å². The molecule has 0 aromatic heterocycles. The molecule has 0 spiro atoms. The quantitative estimate of drug-likeness (QED) is 0.766. The lowest BCUT2D eigenvalue weighted by molar-refractivity contribution is 0.108. The van der Waals surface area contributed by atoms with Gasteiger partial charge in [-0.25, -0.2) is 0 Å². The second-order valence-electron chi connectivity index (χ2n) is 2.52. The first kappa shape index (κ1) is 10.5. The van der Waals surface area contributed by atoms with Crippen LogP contribution < -0.4 is 4.74 Å². The summed E-state index contributed by atoms with van der Waals surface area (Å²) in [5.41, 5.74) is 1.21. The van der Waals surface area contributed by atoms with Crippen LogP contribution in [0.5, 0.6) is 5.75 Å². The highest BCUT2D eigenvalue weighted by molar-refractivity contribution is 9.10. The van der Waals surface area contributed by atoms with E-state index >= 15 is 0 Å². The van der Waals surface area contributed by atoms with Crippen LogP contribution in [0.25, 0.3) is 0 Å². The highest BCUT2D eigenvalue weighted by Crippen LogP contribution is 2.29. The van der Waals surface area contributed by atoms with E-state index in [1.54, 1.807) is 26.2 Å². The van der Waals surface area contributed by atoms with Gasteiger partial charge in [0.05, 0.1) is 12.7 Å². The van der Waals surface area contributed by atoms with E-state index in [0.29, 0.717) is 15.8 Å². The standard InChI is InChI=1S/C9H8BrClO2/c1-5-7(13-2)4-3-6(10)8(5)9(11)12/h3-4H,1-2H3. The van der Waals surface area contributed by atoms with E-state index in [-0.39, 0.29) is 0 Å². The van der Waals surface area contributed by atoms with Gasteiger partial charge in [-0.3, -0.25) is 4.79 Å². The van der Waals surface area contributed by atoms with Crippen molar-refractivity contribution >= 4 is 32.8 Å². The normalized spacial score (nSPS) is 9.85. The number of hydrogen-bond acceptors (Lipinski definition) is 2. The first-order valence-electron chi connectivity index (χ1n) is 3.61. The Morgan fingerprint density at radius 3 is 2.62 bits per heavy atom. The molecule has 0 aliphatic carbocycles. The smallest absolute Gasteiger partial charge is 0.253 e. The first-order chi connectivity index (χ1) is 6.07. The van der Waals surface area contributed by atoms with Gasteiger partial charge in [-0.15, -0.1) is 0 Å².